The number of carbonyl (C=O) groups excluding carboxylic acids is 3. The van der Waals surface area contributed by atoms with Crippen molar-refractivity contribution in [3.05, 3.63) is 91.0 Å². The Balaban J connectivity index is 1.81. The van der Waals surface area contributed by atoms with Crippen LogP contribution in [0.2, 0.25) is 0 Å². The maximum Gasteiger partial charge on any atom is 0.407 e. The number of nitrogens with one attached hydrogen (secondary N) is 2. The highest BCUT2D eigenvalue weighted by atomic mass is 16.5. The monoisotopic (exact) mass is 520 g/mol. The van der Waals surface area contributed by atoms with E-state index in [0.717, 1.165) is 10.5 Å². The van der Waals surface area contributed by atoms with Gasteiger partial charge < -0.3 is 20.5 Å². The van der Waals surface area contributed by atoms with Gasteiger partial charge >= 0.3 is 12.2 Å². The van der Waals surface area contributed by atoms with Crippen LogP contribution in [0.3, 0.4) is 0 Å². The quantitative estimate of drug-likeness (QED) is 0.307. The van der Waals surface area contributed by atoms with Gasteiger partial charge in [-0.25, -0.2) is 9.59 Å². The summed E-state index contributed by atoms with van der Waals surface area (Å²) in [4.78, 5) is 52.4. The van der Waals surface area contributed by atoms with Crippen LogP contribution in [0.5, 0.6) is 0 Å². The lowest BCUT2D eigenvalue weighted by Crippen LogP contribution is -2.62. The number of hydrogen-bond acceptors (Lipinski definition) is 5. The predicted molar refractivity (Wildman–Crippen MR) is 142 cm³/mol. The Morgan fingerprint density at radius 3 is 2.55 bits per heavy atom. The SMILES string of the molecule is C=CCCNC(=O)C1CN(C(=O)O)CC(=O)N1c1cccc([C@H](CC=C)NC(=O)OCc2ccccc2)c1. The van der Waals surface area contributed by atoms with Crippen LogP contribution in [0.4, 0.5) is 15.3 Å². The number of rotatable bonds is 11. The number of piperazine rings is 1. The molecule has 0 aliphatic carbocycles. The smallest absolute Gasteiger partial charge is 0.407 e. The third-order valence-electron chi connectivity index (χ3n) is 5.98. The van der Waals surface area contributed by atoms with Crippen molar-refractivity contribution < 1.29 is 29.0 Å². The maximum atomic E-state index is 13.1. The first-order valence-electron chi connectivity index (χ1n) is 12.2. The normalized spacial score (nSPS) is 15.8. The molecule has 2 aromatic rings. The number of carboxylic acid groups (broad SMARTS) is 1. The van der Waals surface area contributed by atoms with Gasteiger partial charge in [-0.2, -0.15) is 0 Å². The number of benzene rings is 2. The van der Waals surface area contributed by atoms with E-state index < -0.39 is 36.1 Å². The number of amides is 4. The Morgan fingerprint density at radius 2 is 1.87 bits per heavy atom. The van der Waals surface area contributed by atoms with E-state index >= 15 is 0 Å². The Bertz CT molecular complexity index is 1170. The summed E-state index contributed by atoms with van der Waals surface area (Å²) >= 11 is 0. The molecule has 3 rings (SSSR count). The molecule has 3 N–H and O–H groups in total. The number of nitrogens with zero attached hydrogens (tertiary/aromatic N) is 2. The van der Waals surface area contributed by atoms with E-state index in [4.69, 9.17) is 4.74 Å². The Hall–Kier alpha value is -4.60. The molecule has 200 valence electrons. The Labute approximate surface area is 221 Å². The molecular weight excluding hydrogens is 488 g/mol. The van der Waals surface area contributed by atoms with Crippen molar-refractivity contribution >= 4 is 29.7 Å². The van der Waals surface area contributed by atoms with E-state index in [-0.39, 0.29) is 19.7 Å². The second kappa shape index (κ2) is 13.6. The molecule has 1 saturated heterocycles. The van der Waals surface area contributed by atoms with Gasteiger partial charge in [0.15, 0.2) is 0 Å². The summed E-state index contributed by atoms with van der Waals surface area (Å²) in [5, 5.41) is 15.0. The molecule has 2 atom stereocenters. The first-order valence-corrected chi connectivity index (χ1v) is 12.2. The molecule has 1 unspecified atom stereocenters. The van der Waals surface area contributed by atoms with Crippen molar-refractivity contribution in [3.8, 4) is 0 Å². The first kappa shape index (κ1) is 28.0. The number of anilines is 1. The van der Waals surface area contributed by atoms with Crippen LogP contribution in [0.15, 0.2) is 79.9 Å². The van der Waals surface area contributed by atoms with Crippen LogP contribution in [-0.2, 0) is 20.9 Å². The maximum absolute atomic E-state index is 13.1. The fraction of sp³-hybridized carbons (Fsp3) is 0.286. The standard InChI is InChI=1S/C28H32N4O6/c1-3-5-15-29-26(34)24-17-31(28(36)37)18-25(33)32(24)22-14-9-13-21(16-22)23(10-4-2)30-27(35)38-19-20-11-7-6-8-12-20/h3-4,6-9,11-14,16,23-24H,1-2,5,10,15,17-19H2,(H,29,34)(H,30,35)(H,36,37)/t23-,24?/m0/s1. The van der Waals surface area contributed by atoms with Gasteiger partial charge in [0, 0.05) is 12.2 Å². The summed E-state index contributed by atoms with van der Waals surface area (Å²) in [5.41, 5.74) is 1.93. The zero-order chi connectivity index (χ0) is 27.5. The molecule has 1 aliphatic rings. The van der Waals surface area contributed by atoms with Gasteiger partial charge in [0.25, 0.3) is 0 Å². The minimum atomic E-state index is -1.28. The van der Waals surface area contributed by atoms with Crippen LogP contribution in [0.1, 0.15) is 30.0 Å². The lowest BCUT2D eigenvalue weighted by molar-refractivity contribution is -0.129. The molecule has 0 aromatic heterocycles. The molecule has 4 amide bonds. The summed E-state index contributed by atoms with van der Waals surface area (Å²) in [5.74, 6) is -1.00. The lowest BCUT2D eigenvalue weighted by Gasteiger charge is -2.39. The molecule has 0 saturated carbocycles. The van der Waals surface area contributed by atoms with Gasteiger partial charge in [-0.1, -0.05) is 54.6 Å². The van der Waals surface area contributed by atoms with Crippen molar-refractivity contribution in [2.24, 2.45) is 0 Å². The summed E-state index contributed by atoms with van der Waals surface area (Å²) < 4.78 is 5.35. The molecule has 2 aromatic carbocycles. The minimum Gasteiger partial charge on any atom is -0.465 e. The zero-order valence-corrected chi connectivity index (χ0v) is 21.0. The van der Waals surface area contributed by atoms with Crippen molar-refractivity contribution in [2.75, 3.05) is 24.5 Å². The number of carbonyl (C=O) groups is 4. The lowest BCUT2D eigenvalue weighted by atomic mass is 10.0. The van der Waals surface area contributed by atoms with Crippen molar-refractivity contribution in [1.29, 1.82) is 0 Å². The second-order valence-electron chi connectivity index (χ2n) is 8.69. The highest BCUT2D eigenvalue weighted by Gasteiger charge is 2.39. The molecule has 10 heteroatoms. The largest absolute Gasteiger partial charge is 0.465 e. The number of hydrogen-bond donors (Lipinski definition) is 3. The number of alkyl carbamates (subject to hydrolysis) is 1. The summed E-state index contributed by atoms with van der Waals surface area (Å²) in [6, 6.07) is 14.6. The van der Waals surface area contributed by atoms with E-state index in [9.17, 15) is 24.3 Å². The first-order chi connectivity index (χ1) is 18.3. The van der Waals surface area contributed by atoms with E-state index in [1.165, 1.54) is 4.90 Å². The van der Waals surface area contributed by atoms with Gasteiger partial charge in [0.1, 0.15) is 19.2 Å². The number of ether oxygens (including phenoxy) is 1. The zero-order valence-electron chi connectivity index (χ0n) is 21.0. The molecule has 0 radical (unpaired) electrons. The van der Waals surface area contributed by atoms with E-state index in [0.29, 0.717) is 30.6 Å². The molecule has 0 bridgehead atoms. The third kappa shape index (κ3) is 7.45. The fourth-order valence-corrected chi connectivity index (χ4v) is 4.10. The summed E-state index contributed by atoms with van der Waals surface area (Å²) in [6.45, 7) is 7.26. The van der Waals surface area contributed by atoms with Crippen LogP contribution in [-0.4, -0.2) is 59.7 Å². The fourth-order valence-electron chi connectivity index (χ4n) is 4.10. The molecule has 38 heavy (non-hydrogen) atoms. The van der Waals surface area contributed by atoms with Crippen LogP contribution in [0.25, 0.3) is 0 Å². The van der Waals surface area contributed by atoms with Crippen molar-refractivity contribution in [2.45, 2.75) is 31.5 Å². The van der Waals surface area contributed by atoms with Gasteiger partial charge in [-0.15, -0.1) is 13.2 Å². The van der Waals surface area contributed by atoms with Gasteiger partial charge in [-0.3, -0.25) is 19.4 Å². The predicted octanol–water partition coefficient (Wildman–Crippen LogP) is 3.62. The molecule has 1 aliphatic heterocycles. The van der Waals surface area contributed by atoms with Crippen LogP contribution in [0, 0.1) is 0 Å². The van der Waals surface area contributed by atoms with Crippen molar-refractivity contribution in [3.63, 3.8) is 0 Å². The van der Waals surface area contributed by atoms with Gasteiger partial charge in [0.05, 0.1) is 12.6 Å². The molecular formula is C28H32N4O6. The second-order valence-corrected chi connectivity index (χ2v) is 8.69. The summed E-state index contributed by atoms with van der Waals surface area (Å²) in [6.07, 6.45) is 2.32. The molecule has 10 nitrogen and oxygen atoms in total. The average Bonchev–Trinajstić information content (AvgIpc) is 2.92. The topological polar surface area (TPSA) is 128 Å². The van der Waals surface area contributed by atoms with Crippen LogP contribution >= 0.6 is 0 Å². The van der Waals surface area contributed by atoms with Crippen molar-refractivity contribution in [1.82, 2.24) is 15.5 Å². The molecule has 1 fully saturated rings. The Morgan fingerprint density at radius 1 is 1.11 bits per heavy atom. The van der Waals surface area contributed by atoms with Crippen LogP contribution < -0.4 is 15.5 Å². The highest BCUT2D eigenvalue weighted by molar-refractivity contribution is 6.04. The minimum absolute atomic E-state index is 0.110. The Kier molecular flexibility index (Phi) is 10.0. The van der Waals surface area contributed by atoms with E-state index in [2.05, 4.69) is 23.8 Å². The third-order valence-corrected chi connectivity index (χ3v) is 5.98. The van der Waals surface area contributed by atoms with E-state index in [1.807, 2.05) is 30.3 Å². The molecule has 1 heterocycles. The average molecular weight is 521 g/mol. The summed E-state index contributed by atoms with van der Waals surface area (Å²) in [7, 11) is 0. The molecule has 0 spiro atoms. The van der Waals surface area contributed by atoms with Gasteiger partial charge in [-0.05, 0) is 36.1 Å². The van der Waals surface area contributed by atoms with Gasteiger partial charge in [0.2, 0.25) is 11.8 Å². The van der Waals surface area contributed by atoms with E-state index in [1.54, 1.807) is 36.4 Å². The highest BCUT2D eigenvalue weighted by Crippen LogP contribution is 2.27.